The maximum absolute atomic E-state index is 11.9. The zero-order valence-electron chi connectivity index (χ0n) is 10.4. The molecule has 1 amide bonds. The van der Waals surface area contributed by atoms with Crippen molar-refractivity contribution in [1.82, 2.24) is 10.6 Å². The summed E-state index contributed by atoms with van der Waals surface area (Å²) in [6.45, 7) is 2.61. The van der Waals surface area contributed by atoms with Gasteiger partial charge >= 0.3 is 0 Å². The highest BCUT2D eigenvalue weighted by Gasteiger charge is 2.29. The van der Waals surface area contributed by atoms with Crippen LogP contribution in [-0.4, -0.2) is 38.8 Å². The summed E-state index contributed by atoms with van der Waals surface area (Å²) in [7, 11) is 1.66. The third-order valence-electron chi connectivity index (χ3n) is 3.52. The molecule has 1 fully saturated rings. The average Bonchev–Trinajstić information content (AvgIpc) is 2.53. The second kappa shape index (κ2) is 4.49. The summed E-state index contributed by atoms with van der Waals surface area (Å²) in [4.78, 5) is 14.1. The van der Waals surface area contributed by atoms with Gasteiger partial charge < -0.3 is 20.3 Å². The molecule has 2 N–H and O–H groups in total. The third-order valence-corrected chi connectivity index (χ3v) is 3.52. The highest BCUT2D eigenvalue weighted by atomic mass is 16.5. The van der Waals surface area contributed by atoms with Gasteiger partial charge in [-0.15, -0.1) is 0 Å². The molecule has 1 aromatic carbocycles. The van der Waals surface area contributed by atoms with Crippen LogP contribution in [0.25, 0.3) is 0 Å². The lowest BCUT2D eigenvalue weighted by Crippen LogP contribution is -2.58. The van der Waals surface area contributed by atoms with Crippen LogP contribution in [0.3, 0.4) is 0 Å². The molecule has 1 atom stereocenters. The number of amides is 1. The summed E-state index contributed by atoms with van der Waals surface area (Å²) in [6.07, 6.45) is 0.478. The van der Waals surface area contributed by atoms with E-state index in [2.05, 4.69) is 15.5 Å². The molecule has 2 heterocycles. The Balaban J connectivity index is 2.05. The molecule has 0 aromatic heterocycles. The number of ether oxygens (including phenoxy) is 1. The van der Waals surface area contributed by atoms with Crippen LogP contribution in [0.5, 0.6) is 5.75 Å². The van der Waals surface area contributed by atoms with Gasteiger partial charge in [-0.05, 0) is 11.6 Å². The number of hydrogen-bond donors (Lipinski definition) is 2. The van der Waals surface area contributed by atoms with E-state index in [0.717, 1.165) is 36.6 Å². The fourth-order valence-electron chi connectivity index (χ4n) is 2.62. The molecule has 3 rings (SSSR count). The van der Waals surface area contributed by atoms with Gasteiger partial charge in [0.15, 0.2) is 0 Å². The van der Waals surface area contributed by atoms with Crippen molar-refractivity contribution in [1.29, 1.82) is 0 Å². The predicted octanol–water partition coefficient (Wildman–Crippen LogP) is 0.103. The van der Waals surface area contributed by atoms with Crippen molar-refractivity contribution in [2.24, 2.45) is 0 Å². The van der Waals surface area contributed by atoms with Crippen molar-refractivity contribution >= 4 is 11.6 Å². The summed E-state index contributed by atoms with van der Waals surface area (Å²) in [5.41, 5.74) is 2.18. The highest BCUT2D eigenvalue weighted by Crippen LogP contribution is 2.29. The number of benzene rings is 1. The molecular weight excluding hydrogens is 230 g/mol. The number of hydrogen-bond acceptors (Lipinski definition) is 4. The van der Waals surface area contributed by atoms with E-state index in [1.165, 1.54) is 0 Å². The quantitative estimate of drug-likeness (QED) is 0.739. The number of rotatable bonds is 1. The van der Waals surface area contributed by atoms with Crippen molar-refractivity contribution < 1.29 is 9.53 Å². The smallest absolute Gasteiger partial charge is 0.226 e. The van der Waals surface area contributed by atoms with Crippen LogP contribution in [0.1, 0.15) is 5.56 Å². The molecule has 0 saturated carbocycles. The molecule has 2 aliphatic rings. The fourth-order valence-corrected chi connectivity index (χ4v) is 2.62. The lowest BCUT2D eigenvalue weighted by molar-refractivity contribution is -0.121. The van der Waals surface area contributed by atoms with Gasteiger partial charge in [0.2, 0.25) is 5.91 Å². The molecule has 0 bridgehead atoms. The molecule has 96 valence electrons. The predicted molar refractivity (Wildman–Crippen MR) is 68.8 cm³/mol. The topological polar surface area (TPSA) is 53.6 Å². The first-order valence-electron chi connectivity index (χ1n) is 6.21. The van der Waals surface area contributed by atoms with Crippen molar-refractivity contribution in [2.45, 2.75) is 12.6 Å². The number of nitrogens with one attached hydrogen (secondary N) is 2. The van der Waals surface area contributed by atoms with Crippen LogP contribution in [0.2, 0.25) is 0 Å². The van der Waals surface area contributed by atoms with E-state index in [-0.39, 0.29) is 12.1 Å². The maximum Gasteiger partial charge on any atom is 0.226 e. The Labute approximate surface area is 106 Å². The second-order valence-electron chi connectivity index (χ2n) is 4.65. The minimum absolute atomic E-state index is 0.0413. The van der Waals surface area contributed by atoms with Gasteiger partial charge in [-0.3, -0.25) is 4.79 Å². The van der Waals surface area contributed by atoms with Crippen molar-refractivity contribution in [3.63, 3.8) is 0 Å². The van der Waals surface area contributed by atoms with Crippen LogP contribution in [0.15, 0.2) is 18.2 Å². The summed E-state index contributed by atoms with van der Waals surface area (Å²) in [5.74, 6) is 0.915. The summed E-state index contributed by atoms with van der Waals surface area (Å²) in [6, 6.07) is 5.92. The van der Waals surface area contributed by atoms with Gasteiger partial charge in [0.25, 0.3) is 0 Å². The van der Waals surface area contributed by atoms with E-state index in [4.69, 9.17) is 4.74 Å². The zero-order chi connectivity index (χ0) is 12.5. The van der Waals surface area contributed by atoms with Crippen LogP contribution in [0.4, 0.5) is 5.69 Å². The van der Waals surface area contributed by atoms with E-state index in [9.17, 15) is 4.79 Å². The van der Waals surface area contributed by atoms with Gasteiger partial charge in [-0.1, -0.05) is 6.07 Å². The van der Waals surface area contributed by atoms with Crippen molar-refractivity contribution in [2.75, 3.05) is 31.6 Å². The van der Waals surface area contributed by atoms with Crippen molar-refractivity contribution in [3.05, 3.63) is 23.8 Å². The SMILES string of the molecule is COc1ccc2c(c1)N1CCNCC1NC(=O)C2. The molecule has 2 aliphatic heterocycles. The number of carbonyl (C=O) groups excluding carboxylic acids is 1. The van der Waals surface area contributed by atoms with E-state index < -0.39 is 0 Å². The zero-order valence-corrected chi connectivity index (χ0v) is 10.4. The number of fused-ring (bicyclic) bond motifs is 3. The summed E-state index contributed by atoms with van der Waals surface area (Å²) >= 11 is 0. The standard InChI is InChI=1S/C13H17N3O2/c1-18-10-3-2-9-6-13(17)15-12-8-14-4-5-16(12)11(9)7-10/h2-3,7,12,14H,4-6,8H2,1H3,(H,15,17). The first-order valence-corrected chi connectivity index (χ1v) is 6.21. The van der Waals surface area contributed by atoms with Gasteiger partial charge in [0.1, 0.15) is 11.9 Å². The number of piperazine rings is 1. The minimum Gasteiger partial charge on any atom is -0.497 e. The first-order chi connectivity index (χ1) is 8.78. The summed E-state index contributed by atoms with van der Waals surface area (Å²) in [5, 5.41) is 6.35. The van der Waals surface area contributed by atoms with Gasteiger partial charge in [0, 0.05) is 31.4 Å². The maximum atomic E-state index is 11.9. The number of anilines is 1. The Morgan fingerprint density at radius 3 is 3.17 bits per heavy atom. The molecule has 5 heteroatoms. The number of nitrogens with zero attached hydrogens (tertiary/aromatic N) is 1. The van der Waals surface area contributed by atoms with E-state index in [1.807, 2.05) is 18.2 Å². The fraction of sp³-hybridized carbons (Fsp3) is 0.462. The molecule has 0 spiro atoms. The average molecular weight is 247 g/mol. The summed E-state index contributed by atoms with van der Waals surface area (Å²) < 4.78 is 5.28. The molecule has 1 unspecified atom stereocenters. The molecule has 1 aromatic rings. The minimum atomic E-state index is 0.0413. The third kappa shape index (κ3) is 1.90. The first kappa shape index (κ1) is 11.3. The normalized spacial score (nSPS) is 22.6. The Kier molecular flexibility index (Phi) is 2.83. The van der Waals surface area contributed by atoms with E-state index >= 15 is 0 Å². The largest absolute Gasteiger partial charge is 0.497 e. The molecule has 0 aliphatic carbocycles. The van der Waals surface area contributed by atoms with E-state index in [0.29, 0.717) is 6.42 Å². The van der Waals surface area contributed by atoms with Gasteiger partial charge in [-0.2, -0.15) is 0 Å². The second-order valence-corrected chi connectivity index (χ2v) is 4.65. The molecule has 18 heavy (non-hydrogen) atoms. The van der Waals surface area contributed by atoms with Crippen LogP contribution in [0, 0.1) is 0 Å². The molecule has 1 saturated heterocycles. The Morgan fingerprint density at radius 1 is 1.44 bits per heavy atom. The molecule has 0 radical (unpaired) electrons. The van der Waals surface area contributed by atoms with Gasteiger partial charge in [0.05, 0.1) is 13.5 Å². The molecular formula is C13H17N3O2. The van der Waals surface area contributed by atoms with Crippen LogP contribution < -0.4 is 20.3 Å². The number of carbonyl (C=O) groups is 1. The van der Waals surface area contributed by atoms with Crippen LogP contribution in [-0.2, 0) is 11.2 Å². The lowest BCUT2D eigenvalue weighted by atomic mass is 10.1. The lowest BCUT2D eigenvalue weighted by Gasteiger charge is -2.37. The molecule has 5 nitrogen and oxygen atoms in total. The van der Waals surface area contributed by atoms with Crippen molar-refractivity contribution in [3.8, 4) is 5.75 Å². The Hall–Kier alpha value is -1.75. The van der Waals surface area contributed by atoms with Gasteiger partial charge in [-0.25, -0.2) is 0 Å². The van der Waals surface area contributed by atoms with Crippen LogP contribution >= 0.6 is 0 Å². The number of methoxy groups -OCH3 is 1. The Morgan fingerprint density at radius 2 is 2.33 bits per heavy atom. The van der Waals surface area contributed by atoms with E-state index in [1.54, 1.807) is 7.11 Å². The monoisotopic (exact) mass is 247 g/mol. The Bertz CT molecular complexity index is 475. The highest BCUT2D eigenvalue weighted by molar-refractivity contribution is 5.83.